The molecule has 274 valence electrons. The second kappa shape index (κ2) is 17.4. The lowest BCUT2D eigenvalue weighted by atomic mass is 9.86. The Morgan fingerprint density at radius 2 is 1.63 bits per heavy atom. The summed E-state index contributed by atoms with van der Waals surface area (Å²) in [6, 6.07) is 5.48. The summed E-state index contributed by atoms with van der Waals surface area (Å²) in [5.41, 5.74) is 6.34. The van der Waals surface area contributed by atoms with Crippen molar-refractivity contribution in [1.82, 2.24) is 21.3 Å². The number of benzene rings is 1. The van der Waals surface area contributed by atoms with E-state index in [9.17, 15) is 24.0 Å². The number of rotatable bonds is 17. The molecule has 14 nitrogen and oxygen atoms in total. The Balaban J connectivity index is 1.63. The molecule has 1 aromatic carbocycles. The number of hydrogen-bond donors (Lipinski definition) is 5. The summed E-state index contributed by atoms with van der Waals surface area (Å²) >= 11 is 0. The van der Waals surface area contributed by atoms with Gasteiger partial charge in [-0.3, -0.25) is 14.4 Å². The Labute approximate surface area is 289 Å². The summed E-state index contributed by atoms with van der Waals surface area (Å²) in [5, 5.41) is 11.3. The third-order valence-electron chi connectivity index (χ3n) is 8.42. The van der Waals surface area contributed by atoms with Crippen molar-refractivity contribution in [2.24, 2.45) is 17.6 Å². The van der Waals surface area contributed by atoms with Gasteiger partial charge in [-0.1, -0.05) is 38.1 Å². The number of alkyl carbamates (subject to hydrolysis) is 1. The number of fused-ring (bicyclic) bond motifs is 1. The maximum Gasteiger partial charge on any atom is 0.407 e. The van der Waals surface area contributed by atoms with Crippen molar-refractivity contribution in [1.29, 1.82) is 0 Å². The van der Waals surface area contributed by atoms with E-state index in [2.05, 4.69) is 21.3 Å². The molecule has 3 rings (SSSR count). The Kier molecular flexibility index (Phi) is 14.1. The topological polar surface area (TPSA) is 196 Å². The maximum absolute atomic E-state index is 13.7. The van der Waals surface area contributed by atoms with E-state index in [-0.39, 0.29) is 43.3 Å². The minimum atomic E-state index is -0.862. The lowest BCUT2D eigenvalue weighted by Gasteiger charge is -2.27. The maximum atomic E-state index is 13.7. The molecule has 0 spiro atoms. The molecular formula is C35H55N5O9. The number of urea groups is 1. The minimum Gasteiger partial charge on any atom is -0.444 e. The molecule has 2 aliphatic heterocycles. The Hall–Kier alpha value is -3.59. The third-order valence-corrected chi connectivity index (χ3v) is 8.42. The number of carbonyl (C=O) groups excluding carboxylic acids is 5. The molecule has 0 aliphatic carbocycles. The van der Waals surface area contributed by atoms with E-state index in [1.54, 1.807) is 41.7 Å². The van der Waals surface area contributed by atoms with E-state index in [1.807, 2.05) is 38.1 Å². The normalized spacial score (nSPS) is 22.6. The summed E-state index contributed by atoms with van der Waals surface area (Å²) in [4.78, 5) is 63.9. The highest BCUT2D eigenvalue weighted by atomic mass is 16.8. The number of ketones is 2. The zero-order chi connectivity index (χ0) is 36.5. The first-order valence-electron chi connectivity index (χ1n) is 17.0. The number of Topliss-reactive ketones (excluding diaryl/α,β-unsaturated/α-hetero) is 2. The van der Waals surface area contributed by atoms with Crippen LogP contribution < -0.4 is 27.0 Å². The first-order chi connectivity index (χ1) is 22.9. The predicted octanol–water partition coefficient (Wildman–Crippen LogP) is 2.49. The highest BCUT2D eigenvalue weighted by molar-refractivity contribution is 5.94. The summed E-state index contributed by atoms with van der Waals surface area (Å²) in [6.45, 7) is 13.3. The van der Waals surface area contributed by atoms with Crippen LogP contribution in [0.1, 0.15) is 78.9 Å². The molecule has 2 heterocycles. The van der Waals surface area contributed by atoms with Crippen LogP contribution in [0.25, 0.3) is 0 Å². The van der Waals surface area contributed by atoms with Crippen LogP contribution in [0.15, 0.2) is 24.3 Å². The second-order valence-corrected chi connectivity index (χ2v) is 14.5. The fourth-order valence-electron chi connectivity index (χ4n) is 5.94. The van der Waals surface area contributed by atoms with Gasteiger partial charge < -0.3 is 45.9 Å². The summed E-state index contributed by atoms with van der Waals surface area (Å²) in [7, 11) is 1.72. The van der Waals surface area contributed by atoms with Gasteiger partial charge in [0.1, 0.15) is 17.8 Å². The standard InChI is InChI=1S/C35H55N5O9/c1-20(2)23(19-26(42)28-27(37-8)29-31(46-28)48-35(6,7)47-29)30(43)40-24(10-9-16-38-32(36)44)25(41)18-22-13-11-21(12-14-22)15-17-39-33(45)49-34(3,4)5/h11-14,20,23-24,27-29,31,37H,9-10,15-19H2,1-8H3,(H,39,45)(H,40,43)(H3,36,38,44)/t23-,24?,27-,28?,29-,31-/m1/s1. The number of primary amides is 1. The number of amides is 4. The van der Waals surface area contributed by atoms with E-state index in [4.69, 9.17) is 24.7 Å². The fourth-order valence-corrected chi connectivity index (χ4v) is 5.94. The average molecular weight is 690 g/mol. The molecule has 0 aromatic heterocycles. The van der Waals surface area contributed by atoms with Gasteiger partial charge in [0, 0.05) is 31.8 Å². The molecule has 2 unspecified atom stereocenters. The number of carbonyl (C=O) groups is 5. The Bertz CT molecular complexity index is 1310. The van der Waals surface area contributed by atoms with E-state index >= 15 is 0 Å². The van der Waals surface area contributed by atoms with Crippen molar-refractivity contribution in [3.05, 3.63) is 35.4 Å². The van der Waals surface area contributed by atoms with Gasteiger partial charge in [-0.2, -0.15) is 0 Å². The molecule has 49 heavy (non-hydrogen) atoms. The molecule has 0 saturated carbocycles. The van der Waals surface area contributed by atoms with E-state index in [1.165, 1.54) is 0 Å². The van der Waals surface area contributed by atoms with Crippen molar-refractivity contribution in [3.8, 4) is 0 Å². The van der Waals surface area contributed by atoms with Crippen LogP contribution in [0.3, 0.4) is 0 Å². The highest BCUT2D eigenvalue weighted by Gasteiger charge is 2.56. The van der Waals surface area contributed by atoms with Crippen molar-refractivity contribution in [2.75, 3.05) is 20.1 Å². The highest BCUT2D eigenvalue weighted by Crippen LogP contribution is 2.38. The smallest absolute Gasteiger partial charge is 0.407 e. The molecule has 1 aromatic rings. The molecule has 4 amide bonds. The van der Waals surface area contributed by atoms with Gasteiger partial charge in [0.05, 0.1) is 12.1 Å². The Morgan fingerprint density at radius 1 is 0.980 bits per heavy atom. The molecule has 6 atom stereocenters. The average Bonchev–Trinajstić information content (AvgIpc) is 3.48. The predicted molar refractivity (Wildman–Crippen MR) is 181 cm³/mol. The van der Waals surface area contributed by atoms with Crippen LogP contribution >= 0.6 is 0 Å². The SMILES string of the molecule is CN[C@@H]1C(C(=O)C[C@@H](C(=O)NC(CCCNC(N)=O)C(=O)Cc2ccc(CCNC(=O)OC(C)(C)C)cc2)C(C)C)O[C@@H]2OC(C)(C)O[C@@H]21. The summed E-state index contributed by atoms with van der Waals surface area (Å²) in [6.07, 6.45) is -1.31. The van der Waals surface area contributed by atoms with Gasteiger partial charge in [-0.15, -0.1) is 0 Å². The van der Waals surface area contributed by atoms with Crippen LogP contribution in [0.2, 0.25) is 0 Å². The zero-order valence-electron chi connectivity index (χ0n) is 30.1. The summed E-state index contributed by atoms with van der Waals surface area (Å²) < 4.78 is 23.0. The van der Waals surface area contributed by atoms with Gasteiger partial charge in [0.2, 0.25) is 5.91 Å². The number of nitrogens with two attached hydrogens (primary N) is 1. The molecule has 14 heteroatoms. The largest absolute Gasteiger partial charge is 0.444 e. The van der Waals surface area contributed by atoms with Crippen LogP contribution in [-0.2, 0) is 46.2 Å². The van der Waals surface area contributed by atoms with Crippen LogP contribution in [-0.4, -0.2) is 91.7 Å². The lowest BCUT2D eigenvalue weighted by molar-refractivity contribution is -0.207. The first-order valence-corrected chi connectivity index (χ1v) is 17.0. The fraction of sp³-hybridized carbons (Fsp3) is 0.686. The Morgan fingerprint density at radius 3 is 2.22 bits per heavy atom. The third kappa shape index (κ3) is 12.4. The first kappa shape index (κ1) is 39.8. The molecular weight excluding hydrogens is 634 g/mol. The molecule has 2 fully saturated rings. The van der Waals surface area contributed by atoms with Crippen LogP contribution in [0.4, 0.5) is 9.59 Å². The van der Waals surface area contributed by atoms with E-state index in [0.29, 0.717) is 19.4 Å². The van der Waals surface area contributed by atoms with Crippen molar-refractivity contribution in [3.63, 3.8) is 0 Å². The van der Waals surface area contributed by atoms with Gasteiger partial charge in [-0.25, -0.2) is 9.59 Å². The van der Waals surface area contributed by atoms with Gasteiger partial charge >= 0.3 is 12.1 Å². The number of nitrogens with one attached hydrogen (secondary N) is 4. The number of hydrogen-bond acceptors (Lipinski definition) is 10. The summed E-state index contributed by atoms with van der Waals surface area (Å²) in [5.74, 6) is -2.66. The lowest BCUT2D eigenvalue weighted by Crippen LogP contribution is -2.49. The monoisotopic (exact) mass is 689 g/mol. The van der Waals surface area contributed by atoms with E-state index in [0.717, 1.165) is 11.1 Å². The van der Waals surface area contributed by atoms with Crippen molar-refractivity contribution >= 4 is 29.6 Å². The molecule has 6 N–H and O–H groups in total. The van der Waals surface area contributed by atoms with Gasteiger partial charge in [0.25, 0.3) is 0 Å². The number of ether oxygens (including phenoxy) is 4. The minimum absolute atomic E-state index is 0.0643. The van der Waals surface area contributed by atoms with E-state index < -0.39 is 65.9 Å². The molecule has 2 aliphatic rings. The number of likely N-dealkylation sites (N-methyl/N-ethyl adjacent to an activating group) is 1. The second-order valence-electron chi connectivity index (χ2n) is 14.5. The quantitative estimate of drug-likeness (QED) is 0.152. The van der Waals surface area contributed by atoms with Gasteiger partial charge in [0.15, 0.2) is 23.6 Å². The molecule has 0 radical (unpaired) electrons. The van der Waals surface area contributed by atoms with Crippen LogP contribution in [0.5, 0.6) is 0 Å². The van der Waals surface area contributed by atoms with Crippen LogP contribution in [0, 0.1) is 11.8 Å². The molecule has 2 saturated heterocycles. The van der Waals surface area contributed by atoms with Crippen molar-refractivity contribution in [2.45, 2.75) is 123 Å². The molecule has 0 bridgehead atoms. The van der Waals surface area contributed by atoms with Gasteiger partial charge in [-0.05, 0) is 78.0 Å². The zero-order valence-corrected chi connectivity index (χ0v) is 30.1. The van der Waals surface area contributed by atoms with Crippen molar-refractivity contribution < 1.29 is 42.9 Å².